The highest BCUT2D eigenvalue weighted by Gasteiger charge is 2.16. The number of Topliss-reactive ketones (excluding diaryl/α,β-unsaturated/α-hetero) is 1. The number of ketones is 1. The van der Waals surface area contributed by atoms with Crippen LogP contribution in [0.3, 0.4) is 0 Å². The van der Waals surface area contributed by atoms with Gasteiger partial charge in [-0.2, -0.15) is 0 Å². The number of hydrogen-bond acceptors (Lipinski definition) is 5. The van der Waals surface area contributed by atoms with E-state index in [0.717, 1.165) is 18.4 Å². The predicted molar refractivity (Wildman–Crippen MR) is 116 cm³/mol. The lowest BCUT2D eigenvalue weighted by Gasteiger charge is -2.20. The van der Waals surface area contributed by atoms with Crippen LogP contribution in [0, 0.1) is 0 Å². The molecule has 0 heterocycles. The molecule has 0 fully saturated rings. The highest BCUT2D eigenvalue weighted by molar-refractivity contribution is 6.17. The van der Waals surface area contributed by atoms with Gasteiger partial charge in [0.25, 0.3) is 0 Å². The van der Waals surface area contributed by atoms with E-state index in [-0.39, 0.29) is 11.8 Å². The molecular weight excluding hydrogens is 390 g/mol. The van der Waals surface area contributed by atoms with E-state index in [4.69, 9.17) is 21.1 Å². The number of aliphatic hydroxyl groups excluding tert-OH is 1. The molecule has 0 aromatic heterocycles. The third kappa shape index (κ3) is 7.35. The molecule has 0 bridgehead atoms. The summed E-state index contributed by atoms with van der Waals surface area (Å²) in [5, 5.41) is 13.6. The molecule has 2 N–H and O–H groups in total. The molecule has 6 heteroatoms. The first-order chi connectivity index (χ1) is 14.1. The molecule has 2 unspecified atom stereocenters. The smallest absolute Gasteiger partial charge is 0.164 e. The van der Waals surface area contributed by atoms with Gasteiger partial charge in [0.1, 0.15) is 0 Å². The van der Waals surface area contributed by atoms with Crippen LogP contribution in [0.2, 0.25) is 0 Å². The maximum absolute atomic E-state index is 12.5. The molecule has 0 spiro atoms. The lowest BCUT2D eigenvalue weighted by molar-refractivity contribution is 0.0971. The fourth-order valence-corrected chi connectivity index (χ4v) is 3.14. The summed E-state index contributed by atoms with van der Waals surface area (Å²) in [5.41, 5.74) is 1.43. The topological polar surface area (TPSA) is 67.8 Å². The number of carbonyl (C=O) groups excluding carboxylic acids is 1. The van der Waals surface area contributed by atoms with Crippen molar-refractivity contribution in [2.75, 3.05) is 26.1 Å². The van der Waals surface area contributed by atoms with Crippen LogP contribution < -0.4 is 14.8 Å². The number of ether oxygens (including phenoxy) is 2. The number of unbranched alkanes of at least 4 members (excludes halogenated alkanes) is 1. The van der Waals surface area contributed by atoms with Crippen LogP contribution in [0.25, 0.3) is 0 Å². The van der Waals surface area contributed by atoms with E-state index >= 15 is 0 Å². The molecule has 158 valence electrons. The van der Waals surface area contributed by atoms with Gasteiger partial charge in [-0.15, -0.1) is 11.6 Å². The number of aliphatic hydroxyl groups is 1. The number of methoxy groups -OCH3 is 1. The molecule has 29 heavy (non-hydrogen) atoms. The molecule has 5 nitrogen and oxygen atoms in total. The van der Waals surface area contributed by atoms with E-state index < -0.39 is 6.10 Å². The Hall–Kier alpha value is -2.08. The van der Waals surface area contributed by atoms with Crippen LogP contribution in [0.1, 0.15) is 48.2 Å². The van der Waals surface area contributed by atoms with Gasteiger partial charge in [0, 0.05) is 30.5 Å². The number of carbonyl (C=O) groups is 1. The van der Waals surface area contributed by atoms with E-state index in [1.165, 1.54) is 0 Å². The molecule has 2 aromatic carbocycles. The Kier molecular flexibility index (Phi) is 9.98. The van der Waals surface area contributed by atoms with Crippen LogP contribution in [0.4, 0.5) is 0 Å². The van der Waals surface area contributed by atoms with Gasteiger partial charge in [-0.05, 0) is 43.5 Å². The third-order valence-electron chi connectivity index (χ3n) is 4.70. The summed E-state index contributed by atoms with van der Waals surface area (Å²) in [6.45, 7) is 2.94. The van der Waals surface area contributed by atoms with Crippen molar-refractivity contribution >= 4 is 17.4 Å². The molecule has 0 aliphatic heterocycles. The minimum Gasteiger partial charge on any atom is -0.493 e. The van der Waals surface area contributed by atoms with Crippen molar-refractivity contribution in [3.8, 4) is 11.5 Å². The van der Waals surface area contributed by atoms with Crippen molar-refractivity contribution in [3.63, 3.8) is 0 Å². The van der Waals surface area contributed by atoms with E-state index in [1.54, 1.807) is 25.3 Å². The lowest BCUT2D eigenvalue weighted by atomic mass is 10.0. The molecule has 0 aliphatic carbocycles. The summed E-state index contributed by atoms with van der Waals surface area (Å²) in [6, 6.07) is 14.5. The zero-order valence-electron chi connectivity index (χ0n) is 17.1. The Balaban J connectivity index is 1.85. The average molecular weight is 420 g/mol. The number of halogens is 1. The fourth-order valence-electron chi connectivity index (χ4n) is 2.95. The predicted octanol–water partition coefficient (Wildman–Crippen LogP) is 4.38. The highest BCUT2D eigenvalue weighted by atomic mass is 35.5. The fraction of sp³-hybridized carbons (Fsp3) is 0.435. The molecule has 2 atom stereocenters. The maximum atomic E-state index is 12.5. The van der Waals surface area contributed by atoms with Gasteiger partial charge in [0.05, 0.1) is 19.8 Å². The Bertz CT molecular complexity index is 754. The average Bonchev–Trinajstić information content (AvgIpc) is 2.76. The zero-order valence-corrected chi connectivity index (χ0v) is 17.8. The van der Waals surface area contributed by atoms with E-state index in [9.17, 15) is 9.90 Å². The first kappa shape index (κ1) is 23.2. The van der Waals surface area contributed by atoms with Crippen molar-refractivity contribution in [1.82, 2.24) is 5.32 Å². The van der Waals surface area contributed by atoms with E-state index in [1.807, 2.05) is 37.3 Å². The van der Waals surface area contributed by atoms with E-state index in [0.29, 0.717) is 42.5 Å². The largest absolute Gasteiger partial charge is 0.493 e. The first-order valence-corrected chi connectivity index (χ1v) is 10.5. The Labute approximate surface area is 178 Å². The van der Waals surface area contributed by atoms with Crippen LogP contribution >= 0.6 is 11.6 Å². The van der Waals surface area contributed by atoms with Crippen LogP contribution in [0.5, 0.6) is 11.5 Å². The molecule has 0 saturated carbocycles. The van der Waals surface area contributed by atoms with Gasteiger partial charge in [0.15, 0.2) is 17.3 Å². The summed E-state index contributed by atoms with van der Waals surface area (Å²) in [6.07, 6.45) is 1.46. The highest BCUT2D eigenvalue weighted by Crippen LogP contribution is 2.28. The van der Waals surface area contributed by atoms with Gasteiger partial charge in [-0.3, -0.25) is 4.79 Å². The number of alkyl halides is 1. The normalized spacial score (nSPS) is 13.0. The number of nitrogens with one attached hydrogen (secondary N) is 1. The quantitative estimate of drug-likeness (QED) is 0.286. The van der Waals surface area contributed by atoms with Crippen molar-refractivity contribution in [3.05, 3.63) is 59.7 Å². The number of benzene rings is 2. The number of rotatable bonds is 13. The molecule has 0 amide bonds. The molecule has 0 saturated heterocycles. The van der Waals surface area contributed by atoms with Gasteiger partial charge >= 0.3 is 0 Å². The Morgan fingerprint density at radius 3 is 2.59 bits per heavy atom. The zero-order chi connectivity index (χ0) is 21.1. The summed E-state index contributed by atoms with van der Waals surface area (Å²) in [7, 11) is 1.56. The molecular formula is C23H30ClNO4. The molecule has 2 aromatic rings. The van der Waals surface area contributed by atoms with Crippen LogP contribution in [0.15, 0.2) is 48.5 Å². The van der Waals surface area contributed by atoms with Gasteiger partial charge < -0.3 is 19.9 Å². The van der Waals surface area contributed by atoms with Gasteiger partial charge in [-0.25, -0.2) is 0 Å². The van der Waals surface area contributed by atoms with Crippen molar-refractivity contribution in [2.24, 2.45) is 0 Å². The van der Waals surface area contributed by atoms with Crippen molar-refractivity contribution in [1.29, 1.82) is 0 Å². The summed E-state index contributed by atoms with van der Waals surface area (Å²) in [5.74, 6) is 1.79. The van der Waals surface area contributed by atoms with Crippen LogP contribution in [-0.2, 0) is 0 Å². The van der Waals surface area contributed by atoms with Gasteiger partial charge in [-0.1, -0.05) is 30.3 Å². The number of hydrogen-bond donors (Lipinski definition) is 2. The minimum atomic E-state index is -0.623. The van der Waals surface area contributed by atoms with Gasteiger partial charge in [0.2, 0.25) is 0 Å². The summed E-state index contributed by atoms with van der Waals surface area (Å²) < 4.78 is 11.1. The second-order valence-electron chi connectivity index (χ2n) is 6.88. The van der Waals surface area contributed by atoms with Crippen molar-refractivity contribution < 1.29 is 19.4 Å². The minimum absolute atomic E-state index is 0.00545. The maximum Gasteiger partial charge on any atom is 0.164 e. The monoisotopic (exact) mass is 419 g/mol. The third-order valence-corrected chi connectivity index (χ3v) is 4.97. The second kappa shape index (κ2) is 12.5. The first-order valence-electron chi connectivity index (χ1n) is 9.93. The second-order valence-corrected chi connectivity index (χ2v) is 7.26. The summed E-state index contributed by atoms with van der Waals surface area (Å²) in [4.78, 5) is 12.5. The molecule has 2 rings (SSSR count). The standard InChI is InChI=1S/C23H30ClNO4/c1-17(23(27)18-8-4-3-5-9-18)25-14-12-20(26)19-10-11-21(22(16-19)28-2)29-15-7-6-13-24/h3-5,8-11,16-17,23,25,27H,6-7,12-15H2,1-2H3. The van der Waals surface area contributed by atoms with Crippen molar-refractivity contribution in [2.45, 2.75) is 38.3 Å². The summed E-state index contributed by atoms with van der Waals surface area (Å²) >= 11 is 5.67. The molecule has 0 radical (unpaired) electrons. The lowest BCUT2D eigenvalue weighted by Crippen LogP contribution is -2.33. The SMILES string of the molecule is COc1cc(C(=O)CCNC(C)C(O)c2ccccc2)ccc1OCCCCCl. The van der Waals surface area contributed by atoms with E-state index in [2.05, 4.69) is 5.32 Å². The molecule has 0 aliphatic rings. The van der Waals surface area contributed by atoms with Crippen LogP contribution in [-0.4, -0.2) is 43.1 Å². The Morgan fingerprint density at radius 2 is 1.90 bits per heavy atom. The Morgan fingerprint density at radius 1 is 1.14 bits per heavy atom.